The molecule has 0 aromatic heterocycles. The highest BCUT2D eigenvalue weighted by Crippen LogP contribution is 2.65. The Labute approximate surface area is 236 Å². The lowest BCUT2D eigenvalue weighted by Crippen LogP contribution is -2.60. The Morgan fingerprint density at radius 3 is 2.30 bits per heavy atom. The van der Waals surface area contributed by atoms with Gasteiger partial charge in [0.15, 0.2) is 0 Å². The third-order valence-corrected chi connectivity index (χ3v) is 8.76. The minimum absolute atomic E-state index is 0.0734. The molecule has 2 saturated carbocycles. The lowest BCUT2D eigenvalue weighted by Gasteiger charge is -2.37. The fourth-order valence-corrected chi connectivity index (χ4v) is 6.03. The number of carbonyl (C=O) groups excluding carboxylic acids is 5. The number of benzene rings is 1. The van der Waals surface area contributed by atoms with Crippen molar-refractivity contribution < 1.29 is 24.0 Å². The summed E-state index contributed by atoms with van der Waals surface area (Å²) in [5.41, 5.74) is 0.120. The van der Waals surface area contributed by atoms with Gasteiger partial charge in [0.2, 0.25) is 23.5 Å². The summed E-state index contributed by atoms with van der Waals surface area (Å²) in [7, 11) is 0. The SMILES string of the molecule is C=CC(=O)N[C@H](C(=O)N1CC2C(C1C(=O)NC(CC1CC1)C(=O)C(=O)NCc1ccccc1)C2(C)C)C(C)(C)C. The molecule has 4 rings (SSSR count). The topological polar surface area (TPSA) is 125 Å². The molecule has 0 bridgehead atoms. The number of hydrogen-bond donors (Lipinski definition) is 3. The number of rotatable bonds is 11. The van der Waals surface area contributed by atoms with Crippen LogP contribution < -0.4 is 16.0 Å². The number of ketones is 1. The first-order chi connectivity index (χ1) is 18.8. The first-order valence-electron chi connectivity index (χ1n) is 14.2. The van der Waals surface area contributed by atoms with Gasteiger partial charge in [-0.1, -0.05) is 84.4 Å². The number of carbonyl (C=O) groups is 5. The lowest BCUT2D eigenvalue weighted by molar-refractivity contribution is -0.146. The molecule has 5 atom stereocenters. The molecule has 1 aromatic rings. The van der Waals surface area contributed by atoms with E-state index in [1.807, 2.05) is 51.1 Å². The molecule has 9 heteroatoms. The van der Waals surface area contributed by atoms with Gasteiger partial charge >= 0.3 is 0 Å². The maximum Gasteiger partial charge on any atom is 0.289 e. The fourth-order valence-electron chi connectivity index (χ4n) is 6.03. The summed E-state index contributed by atoms with van der Waals surface area (Å²) < 4.78 is 0. The summed E-state index contributed by atoms with van der Waals surface area (Å²) in [4.78, 5) is 67.5. The van der Waals surface area contributed by atoms with E-state index in [2.05, 4.69) is 36.4 Å². The highest BCUT2D eigenvalue weighted by Gasteiger charge is 2.70. The van der Waals surface area contributed by atoms with E-state index < -0.39 is 47.0 Å². The van der Waals surface area contributed by atoms with Gasteiger partial charge in [0.05, 0.1) is 6.04 Å². The monoisotopic (exact) mass is 550 g/mol. The summed E-state index contributed by atoms with van der Waals surface area (Å²) in [6.07, 6.45) is 3.42. The number of nitrogens with zero attached hydrogens (tertiary/aromatic N) is 1. The molecule has 3 fully saturated rings. The van der Waals surface area contributed by atoms with E-state index in [1.54, 1.807) is 4.90 Å². The molecule has 216 valence electrons. The third kappa shape index (κ3) is 6.29. The van der Waals surface area contributed by atoms with Crippen molar-refractivity contribution in [2.24, 2.45) is 28.6 Å². The number of piperidine rings is 1. The van der Waals surface area contributed by atoms with Crippen molar-refractivity contribution in [3.8, 4) is 0 Å². The Hall–Kier alpha value is -3.49. The van der Waals surface area contributed by atoms with E-state index >= 15 is 0 Å². The van der Waals surface area contributed by atoms with Gasteiger partial charge in [-0.25, -0.2) is 0 Å². The predicted molar refractivity (Wildman–Crippen MR) is 150 cm³/mol. The summed E-state index contributed by atoms with van der Waals surface area (Å²) in [6.45, 7) is 13.8. The summed E-state index contributed by atoms with van der Waals surface area (Å²) in [6, 6.07) is 6.68. The second-order valence-corrected chi connectivity index (χ2v) is 13.2. The molecule has 1 aliphatic heterocycles. The van der Waals surface area contributed by atoms with E-state index in [0.29, 0.717) is 13.0 Å². The van der Waals surface area contributed by atoms with Gasteiger partial charge in [-0.2, -0.15) is 0 Å². The van der Waals surface area contributed by atoms with E-state index in [4.69, 9.17) is 0 Å². The average molecular weight is 551 g/mol. The number of fused-ring (bicyclic) bond motifs is 1. The molecule has 0 spiro atoms. The van der Waals surface area contributed by atoms with Crippen LogP contribution in [-0.4, -0.2) is 59.0 Å². The van der Waals surface area contributed by atoms with Crippen molar-refractivity contribution in [2.45, 2.75) is 78.6 Å². The minimum atomic E-state index is -0.965. The molecule has 2 aliphatic carbocycles. The van der Waals surface area contributed by atoms with Crippen molar-refractivity contribution in [3.05, 3.63) is 48.6 Å². The lowest BCUT2D eigenvalue weighted by atomic mass is 9.85. The number of likely N-dealkylation sites (tertiary alicyclic amines) is 1. The van der Waals surface area contributed by atoms with Crippen LogP contribution in [0.4, 0.5) is 0 Å². The van der Waals surface area contributed by atoms with Crippen LogP contribution in [-0.2, 0) is 30.5 Å². The van der Waals surface area contributed by atoms with Crippen LogP contribution in [0.5, 0.6) is 0 Å². The minimum Gasteiger partial charge on any atom is -0.345 e. The van der Waals surface area contributed by atoms with Crippen LogP contribution in [0.2, 0.25) is 0 Å². The second-order valence-electron chi connectivity index (χ2n) is 13.2. The zero-order valence-electron chi connectivity index (χ0n) is 24.2. The van der Waals surface area contributed by atoms with Gasteiger partial charge in [0, 0.05) is 13.1 Å². The highest BCUT2D eigenvalue weighted by molar-refractivity contribution is 6.38. The van der Waals surface area contributed by atoms with Gasteiger partial charge in [-0.3, -0.25) is 24.0 Å². The zero-order valence-corrected chi connectivity index (χ0v) is 24.2. The van der Waals surface area contributed by atoms with Gasteiger partial charge < -0.3 is 20.9 Å². The van der Waals surface area contributed by atoms with E-state index in [1.165, 1.54) is 0 Å². The number of nitrogens with one attached hydrogen (secondary N) is 3. The Kier molecular flexibility index (Phi) is 8.24. The molecule has 4 amide bonds. The van der Waals surface area contributed by atoms with E-state index in [0.717, 1.165) is 24.5 Å². The van der Waals surface area contributed by atoms with Gasteiger partial charge in [0.25, 0.3) is 5.91 Å². The summed E-state index contributed by atoms with van der Waals surface area (Å²) in [5.74, 6) is -2.30. The van der Waals surface area contributed by atoms with E-state index in [-0.39, 0.29) is 35.6 Å². The van der Waals surface area contributed by atoms with E-state index in [9.17, 15) is 24.0 Å². The summed E-state index contributed by atoms with van der Waals surface area (Å²) >= 11 is 0. The van der Waals surface area contributed by atoms with Crippen molar-refractivity contribution in [1.29, 1.82) is 0 Å². The average Bonchev–Trinajstić information content (AvgIpc) is 3.76. The van der Waals surface area contributed by atoms with Gasteiger partial charge in [-0.15, -0.1) is 0 Å². The molecule has 1 aromatic carbocycles. The van der Waals surface area contributed by atoms with Crippen LogP contribution in [0, 0.1) is 28.6 Å². The molecule has 3 aliphatic rings. The number of Topliss-reactive ketones (excluding diaryl/α,β-unsaturated/α-hetero) is 1. The number of amides is 4. The summed E-state index contributed by atoms with van der Waals surface area (Å²) in [5, 5.41) is 8.29. The zero-order chi connectivity index (χ0) is 29.4. The van der Waals surface area contributed by atoms with Crippen molar-refractivity contribution in [1.82, 2.24) is 20.9 Å². The molecular formula is C31H42N4O5. The predicted octanol–water partition coefficient (Wildman–Crippen LogP) is 2.36. The Bertz CT molecular complexity index is 1180. The molecule has 0 radical (unpaired) electrons. The van der Waals surface area contributed by atoms with Gasteiger partial charge in [-0.05, 0) is 46.6 Å². The van der Waals surface area contributed by atoms with Crippen LogP contribution in [0.25, 0.3) is 0 Å². The third-order valence-electron chi connectivity index (χ3n) is 8.76. The largest absolute Gasteiger partial charge is 0.345 e. The molecule has 1 saturated heterocycles. The van der Waals surface area contributed by atoms with Crippen molar-refractivity contribution >= 4 is 29.4 Å². The maximum absolute atomic E-state index is 13.9. The highest BCUT2D eigenvalue weighted by atomic mass is 16.2. The quantitative estimate of drug-likeness (QED) is 0.288. The Morgan fingerprint density at radius 2 is 1.73 bits per heavy atom. The number of hydrogen-bond acceptors (Lipinski definition) is 5. The normalized spacial score (nSPS) is 24.2. The van der Waals surface area contributed by atoms with Crippen LogP contribution in [0.3, 0.4) is 0 Å². The molecule has 4 unspecified atom stereocenters. The Morgan fingerprint density at radius 1 is 1.07 bits per heavy atom. The molecule has 3 N–H and O–H groups in total. The molecule has 40 heavy (non-hydrogen) atoms. The molecule has 9 nitrogen and oxygen atoms in total. The van der Waals surface area contributed by atoms with Gasteiger partial charge in [0.1, 0.15) is 12.1 Å². The fraction of sp³-hybridized carbons (Fsp3) is 0.581. The first kappa shape index (κ1) is 29.5. The maximum atomic E-state index is 13.9. The first-order valence-corrected chi connectivity index (χ1v) is 14.2. The van der Waals surface area contributed by atoms with Crippen LogP contribution >= 0.6 is 0 Å². The standard InChI is InChI=1S/C31H42N4O5/c1-7-22(36)34-26(30(2,3)4)29(40)35-17-20-23(31(20,5)6)24(35)27(38)33-21(15-18-13-14-18)25(37)28(39)32-16-19-11-9-8-10-12-19/h7-12,18,20-21,23-24,26H,1,13-17H2,2-6H3,(H,32,39)(H,33,38)(H,34,36)/t20?,21?,23?,24?,26-/m1/s1. The molecule has 1 heterocycles. The van der Waals surface area contributed by atoms with Crippen molar-refractivity contribution in [2.75, 3.05) is 6.54 Å². The smallest absolute Gasteiger partial charge is 0.289 e. The van der Waals surface area contributed by atoms with Crippen LogP contribution in [0.1, 0.15) is 59.4 Å². The Balaban J connectivity index is 1.51. The van der Waals surface area contributed by atoms with Crippen molar-refractivity contribution in [3.63, 3.8) is 0 Å². The molecular weight excluding hydrogens is 508 g/mol. The second kappa shape index (κ2) is 11.2. The van der Waals surface area contributed by atoms with Crippen LogP contribution in [0.15, 0.2) is 43.0 Å².